The average molecular weight is 244 g/mol. The van der Waals surface area contributed by atoms with Crippen molar-refractivity contribution in [2.45, 2.75) is 52.6 Å². The van der Waals surface area contributed by atoms with Gasteiger partial charge in [-0.3, -0.25) is 4.79 Å². The summed E-state index contributed by atoms with van der Waals surface area (Å²) in [5.74, 6) is -0.143. The molecule has 102 valence electrons. The monoisotopic (exact) mass is 244 g/mol. The third-order valence-electron chi connectivity index (χ3n) is 3.24. The number of carbonyl (C=O) groups is 1. The van der Waals surface area contributed by atoms with E-state index in [2.05, 4.69) is 31.0 Å². The molecule has 0 spiro atoms. The van der Waals surface area contributed by atoms with E-state index < -0.39 is 0 Å². The Morgan fingerprint density at radius 3 is 2.41 bits per heavy atom. The number of ether oxygens (including phenoxy) is 1. The second-order valence-electron chi connectivity index (χ2n) is 4.27. The molecule has 2 unspecified atom stereocenters. The second kappa shape index (κ2) is 9.42. The number of nitrogens with one attached hydrogen (secondary N) is 1. The van der Waals surface area contributed by atoms with Gasteiger partial charge in [0.15, 0.2) is 0 Å². The molecule has 0 rings (SSSR count). The van der Waals surface area contributed by atoms with E-state index in [0.29, 0.717) is 12.6 Å². The van der Waals surface area contributed by atoms with Crippen molar-refractivity contribution in [3.05, 3.63) is 0 Å². The maximum Gasteiger partial charge on any atom is 0.323 e. The summed E-state index contributed by atoms with van der Waals surface area (Å²) in [7, 11) is 1.81. The highest BCUT2D eigenvalue weighted by Crippen LogP contribution is 2.06. The first-order valence-corrected chi connectivity index (χ1v) is 6.68. The van der Waals surface area contributed by atoms with Gasteiger partial charge >= 0.3 is 5.97 Å². The SMILES string of the molecule is CCOC(=O)C(CCN(CC)C(C)CC)NC. The Morgan fingerprint density at radius 1 is 1.35 bits per heavy atom. The summed E-state index contributed by atoms with van der Waals surface area (Å²) in [6.45, 7) is 10.8. The number of nitrogens with zero attached hydrogens (tertiary/aromatic N) is 1. The van der Waals surface area contributed by atoms with Gasteiger partial charge in [0.2, 0.25) is 0 Å². The molecule has 0 aliphatic carbocycles. The van der Waals surface area contributed by atoms with Crippen LogP contribution >= 0.6 is 0 Å². The molecule has 2 atom stereocenters. The lowest BCUT2D eigenvalue weighted by atomic mass is 10.1. The number of hydrogen-bond donors (Lipinski definition) is 1. The summed E-state index contributed by atoms with van der Waals surface area (Å²) < 4.78 is 5.03. The van der Waals surface area contributed by atoms with E-state index in [1.807, 2.05) is 6.92 Å². The largest absolute Gasteiger partial charge is 0.465 e. The lowest BCUT2D eigenvalue weighted by molar-refractivity contribution is -0.145. The molecule has 0 aliphatic rings. The van der Waals surface area contributed by atoms with Crippen molar-refractivity contribution in [1.82, 2.24) is 10.2 Å². The van der Waals surface area contributed by atoms with E-state index >= 15 is 0 Å². The standard InChI is InChI=1S/C13H28N2O2/c1-6-11(4)15(7-2)10-9-12(14-5)13(16)17-8-3/h11-12,14H,6-10H2,1-5H3. The van der Waals surface area contributed by atoms with Crippen molar-refractivity contribution in [1.29, 1.82) is 0 Å². The van der Waals surface area contributed by atoms with Gasteiger partial charge in [0, 0.05) is 12.6 Å². The predicted molar refractivity (Wildman–Crippen MR) is 71.1 cm³/mol. The molecule has 0 radical (unpaired) electrons. The maximum atomic E-state index is 11.6. The fourth-order valence-electron chi connectivity index (χ4n) is 1.87. The Kier molecular flexibility index (Phi) is 9.09. The van der Waals surface area contributed by atoms with Crippen LogP contribution in [0, 0.1) is 0 Å². The molecule has 0 amide bonds. The summed E-state index contributed by atoms with van der Waals surface area (Å²) in [4.78, 5) is 14.0. The molecule has 0 fully saturated rings. The summed E-state index contributed by atoms with van der Waals surface area (Å²) >= 11 is 0. The number of carbonyl (C=O) groups excluding carboxylic acids is 1. The minimum absolute atomic E-state index is 0.143. The van der Waals surface area contributed by atoms with Crippen LogP contribution in [0.4, 0.5) is 0 Å². The minimum atomic E-state index is -0.187. The zero-order valence-corrected chi connectivity index (χ0v) is 12.0. The van der Waals surface area contributed by atoms with Crippen LogP contribution in [-0.2, 0) is 9.53 Å². The van der Waals surface area contributed by atoms with Gasteiger partial charge in [-0.15, -0.1) is 0 Å². The van der Waals surface area contributed by atoms with E-state index in [4.69, 9.17) is 4.74 Å². The molecule has 0 aromatic heterocycles. The van der Waals surface area contributed by atoms with Gasteiger partial charge in [0.05, 0.1) is 6.61 Å². The van der Waals surface area contributed by atoms with Crippen LogP contribution in [0.1, 0.15) is 40.5 Å². The van der Waals surface area contributed by atoms with Crippen molar-refractivity contribution >= 4 is 5.97 Å². The smallest absolute Gasteiger partial charge is 0.323 e. The molecular weight excluding hydrogens is 216 g/mol. The maximum absolute atomic E-state index is 11.6. The van der Waals surface area contributed by atoms with Crippen molar-refractivity contribution in [3.8, 4) is 0 Å². The van der Waals surface area contributed by atoms with Crippen LogP contribution in [0.3, 0.4) is 0 Å². The van der Waals surface area contributed by atoms with Crippen molar-refractivity contribution < 1.29 is 9.53 Å². The van der Waals surface area contributed by atoms with Crippen molar-refractivity contribution in [3.63, 3.8) is 0 Å². The fraction of sp³-hybridized carbons (Fsp3) is 0.923. The Balaban J connectivity index is 4.15. The lowest BCUT2D eigenvalue weighted by Crippen LogP contribution is -2.41. The van der Waals surface area contributed by atoms with E-state index in [0.717, 1.165) is 25.9 Å². The quantitative estimate of drug-likeness (QED) is 0.626. The lowest BCUT2D eigenvalue weighted by Gasteiger charge is -2.28. The number of hydrogen-bond acceptors (Lipinski definition) is 4. The van der Waals surface area contributed by atoms with E-state index in [9.17, 15) is 4.79 Å². The summed E-state index contributed by atoms with van der Waals surface area (Å²) in [5, 5.41) is 3.02. The van der Waals surface area contributed by atoms with Gasteiger partial charge < -0.3 is 15.0 Å². The first-order chi connectivity index (χ1) is 8.10. The zero-order valence-electron chi connectivity index (χ0n) is 12.0. The third kappa shape index (κ3) is 6.03. The van der Waals surface area contributed by atoms with E-state index in [1.54, 1.807) is 7.05 Å². The second-order valence-corrected chi connectivity index (χ2v) is 4.27. The van der Waals surface area contributed by atoms with Gasteiger partial charge in [-0.05, 0) is 40.3 Å². The van der Waals surface area contributed by atoms with E-state index in [-0.39, 0.29) is 12.0 Å². The average Bonchev–Trinajstić information content (AvgIpc) is 2.34. The zero-order chi connectivity index (χ0) is 13.3. The van der Waals surface area contributed by atoms with Crippen molar-refractivity contribution in [2.24, 2.45) is 0 Å². The molecule has 0 aromatic rings. The van der Waals surface area contributed by atoms with Crippen LogP contribution in [-0.4, -0.2) is 49.7 Å². The molecule has 0 aliphatic heterocycles. The Hall–Kier alpha value is -0.610. The summed E-state index contributed by atoms with van der Waals surface area (Å²) in [6, 6.07) is 0.382. The molecule has 0 bridgehead atoms. The van der Waals surface area contributed by atoms with E-state index in [1.165, 1.54) is 0 Å². The topological polar surface area (TPSA) is 41.6 Å². The molecule has 4 heteroatoms. The highest BCUT2D eigenvalue weighted by atomic mass is 16.5. The summed E-state index contributed by atoms with van der Waals surface area (Å²) in [6.07, 6.45) is 1.94. The number of rotatable bonds is 9. The minimum Gasteiger partial charge on any atom is -0.465 e. The third-order valence-corrected chi connectivity index (χ3v) is 3.24. The first-order valence-electron chi connectivity index (χ1n) is 6.68. The molecule has 0 saturated heterocycles. The number of esters is 1. The fourth-order valence-corrected chi connectivity index (χ4v) is 1.87. The van der Waals surface area contributed by atoms with Gasteiger partial charge in [0.25, 0.3) is 0 Å². The summed E-state index contributed by atoms with van der Waals surface area (Å²) in [5.41, 5.74) is 0. The van der Waals surface area contributed by atoms with Crippen LogP contribution in [0.2, 0.25) is 0 Å². The molecular formula is C13H28N2O2. The van der Waals surface area contributed by atoms with Gasteiger partial charge in [0.1, 0.15) is 6.04 Å². The van der Waals surface area contributed by atoms with Gasteiger partial charge in [-0.2, -0.15) is 0 Å². The van der Waals surface area contributed by atoms with Crippen LogP contribution in [0.25, 0.3) is 0 Å². The van der Waals surface area contributed by atoms with Gasteiger partial charge in [-0.1, -0.05) is 13.8 Å². The van der Waals surface area contributed by atoms with Crippen LogP contribution < -0.4 is 5.32 Å². The van der Waals surface area contributed by atoms with Gasteiger partial charge in [-0.25, -0.2) is 0 Å². The van der Waals surface area contributed by atoms with Crippen LogP contribution in [0.5, 0.6) is 0 Å². The Labute approximate surface area is 106 Å². The molecule has 0 aromatic carbocycles. The molecule has 17 heavy (non-hydrogen) atoms. The first kappa shape index (κ1) is 16.4. The highest BCUT2D eigenvalue weighted by Gasteiger charge is 2.19. The molecule has 4 nitrogen and oxygen atoms in total. The molecule has 0 saturated carbocycles. The Morgan fingerprint density at radius 2 is 2.00 bits per heavy atom. The molecule has 1 N–H and O–H groups in total. The highest BCUT2D eigenvalue weighted by molar-refractivity contribution is 5.75. The number of likely N-dealkylation sites (N-methyl/N-ethyl adjacent to an activating group) is 1. The molecule has 0 heterocycles. The predicted octanol–water partition coefficient (Wildman–Crippen LogP) is 1.65. The van der Waals surface area contributed by atoms with Crippen LogP contribution in [0.15, 0.2) is 0 Å². The normalized spacial score (nSPS) is 14.7. The Bertz CT molecular complexity index is 210. The van der Waals surface area contributed by atoms with Crippen molar-refractivity contribution in [2.75, 3.05) is 26.7 Å².